The first-order chi connectivity index (χ1) is 10.2. The number of carbonyl (C=O) groups excluding carboxylic acids is 1. The molecule has 0 spiro atoms. The lowest BCUT2D eigenvalue weighted by Crippen LogP contribution is -2.56. The van der Waals surface area contributed by atoms with E-state index in [0.717, 1.165) is 18.8 Å². The van der Waals surface area contributed by atoms with Gasteiger partial charge in [0, 0.05) is 31.9 Å². The molecule has 22 heavy (non-hydrogen) atoms. The summed E-state index contributed by atoms with van der Waals surface area (Å²) in [6.07, 6.45) is 0. The molecule has 0 saturated carbocycles. The number of hydrogen-bond donors (Lipinski definition) is 1. The van der Waals surface area contributed by atoms with E-state index in [4.69, 9.17) is 28.9 Å². The van der Waals surface area contributed by atoms with E-state index >= 15 is 0 Å². The highest BCUT2D eigenvalue weighted by Crippen LogP contribution is 2.28. The van der Waals surface area contributed by atoms with Crippen LogP contribution in [0, 0.1) is 5.41 Å². The average Bonchev–Trinajstić information content (AvgIpc) is 2.48. The van der Waals surface area contributed by atoms with Crippen LogP contribution in [0.25, 0.3) is 0 Å². The monoisotopic (exact) mass is 343 g/mol. The molecule has 6 heteroatoms. The van der Waals surface area contributed by atoms with Crippen molar-refractivity contribution >= 4 is 34.8 Å². The maximum absolute atomic E-state index is 12.4. The molecular weight excluding hydrogens is 321 g/mol. The second-order valence-corrected chi connectivity index (χ2v) is 7.57. The third-order valence-electron chi connectivity index (χ3n) is 4.06. The van der Waals surface area contributed by atoms with Gasteiger partial charge in [0.05, 0.1) is 16.1 Å². The zero-order chi connectivity index (χ0) is 16.5. The topological polar surface area (TPSA) is 49.6 Å². The number of amides is 1. The first kappa shape index (κ1) is 17.4. The van der Waals surface area contributed by atoms with E-state index in [-0.39, 0.29) is 11.3 Å². The highest BCUT2D eigenvalue weighted by molar-refractivity contribution is 6.42. The molecule has 0 aromatic heterocycles. The Morgan fingerprint density at radius 3 is 2.23 bits per heavy atom. The highest BCUT2D eigenvalue weighted by atomic mass is 35.5. The van der Waals surface area contributed by atoms with E-state index in [1.54, 1.807) is 6.07 Å². The lowest BCUT2D eigenvalue weighted by molar-refractivity contribution is -0.135. The van der Waals surface area contributed by atoms with Gasteiger partial charge in [-0.15, -0.1) is 0 Å². The third kappa shape index (κ3) is 3.86. The first-order valence-corrected chi connectivity index (χ1v) is 8.20. The van der Waals surface area contributed by atoms with E-state index in [1.807, 2.05) is 37.8 Å². The Morgan fingerprint density at radius 1 is 1.14 bits per heavy atom. The predicted molar refractivity (Wildman–Crippen MR) is 92.7 cm³/mol. The van der Waals surface area contributed by atoms with Gasteiger partial charge in [-0.2, -0.15) is 0 Å². The van der Waals surface area contributed by atoms with Crippen LogP contribution >= 0.6 is 23.2 Å². The van der Waals surface area contributed by atoms with Gasteiger partial charge in [0.25, 0.3) is 0 Å². The fraction of sp³-hybridized carbons (Fsp3) is 0.562. The van der Waals surface area contributed by atoms with E-state index in [1.165, 1.54) is 0 Å². The first-order valence-electron chi connectivity index (χ1n) is 7.44. The summed E-state index contributed by atoms with van der Waals surface area (Å²) < 4.78 is 0. The Balaban J connectivity index is 1.98. The summed E-state index contributed by atoms with van der Waals surface area (Å²) in [5, 5.41) is 1.10. The molecule has 2 rings (SSSR count). The maximum Gasteiger partial charge on any atom is 0.240 e. The number of anilines is 1. The summed E-state index contributed by atoms with van der Waals surface area (Å²) in [5.74, 6) is 0.0290. The minimum atomic E-state index is -0.468. The van der Waals surface area contributed by atoms with Gasteiger partial charge in [-0.25, -0.2) is 0 Å². The van der Waals surface area contributed by atoms with E-state index < -0.39 is 6.04 Å². The lowest BCUT2D eigenvalue weighted by Gasteiger charge is -2.39. The van der Waals surface area contributed by atoms with E-state index in [0.29, 0.717) is 23.1 Å². The minimum absolute atomic E-state index is 0.0290. The molecule has 0 radical (unpaired) electrons. The van der Waals surface area contributed by atoms with Crippen LogP contribution in [0.4, 0.5) is 5.69 Å². The Kier molecular flexibility index (Phi) is 5.25. The molecule has 1 aromatic carbocycles. The van der Waals surface area contributed by atoms with E-state index in [9.17, 15) is 4.79 Å². The summed E-state index contributed by atoms with van der Waals surface area (Å²) in [5.41, 5.74) is 6.88. The molecule has 1 fully saturated rings. The van der Waals surface area contributed by atoms with Crippen LogP contribution in [0.3, 0.4) is 0 Å². The number of rotatable bonds is 2. The van der Waals surface area contributed by atoms with E-state index in [2.05, 4.69) is 4.90 Å². The second kappa shape index (κ2) is 6.65. The van der Waals surface area contributed by atoms with Crippen molar-refractivity contribution in [3.8, 4) is 0 Å². The molecule has 0 aliphatic carbocycles. The van der Waals surface area contributed by atoms with Crippen molar-refractivity contribution in [3.05, 3.63) is 28.2 Å². The highest BCUT2D eigenvalue weighted by Gasteiger charge is 2.32. The third-order valence-corrected chi connectivity index (χ3v) is 4.80. The summed E-state index contributed by atoms with van der Waals surface area (Å²) >= 11 is 12.0. The smallest absolute Gasteiger partial charge is 0.240 e. The molecule has 4 nitrogen and oxygen atoms in total. The fourth-order valence-electron chi connectivity index (χ4n) is 2.43. The molecule has 1 atom stereocenters. The van der Waals surface area contributed by atoms with Crippen LogP contribution in [-0.4, -0.2) is 43.0 Å². The van der Waals surface area contributed by atoms with Gasteiger partial charge < -0.3 is 15.5 Å². The van der Waals surface area contributed by atoms with Gasteiger partial charge in [-0.1, -0.05) is 44.0 Å². The van der Waals surface area contributed by atoms with Crippen LogP contribution in [0.1, 0.15) is 20.8 Å². The fourth-order valence-corrected chi connectivity index (χ4v) is 2.73. The average molecular weight is 344 g/mol. The molecule has 1 saturated heterocycles. The van der Waals surface area contributed by atoms with Crippen LogP contribution in [-0.2, 0) is 4.79 Å². The summed E-state index contributed by atoms with van der Waals surface area (Å²) in [6.45, 7) is 8.83. The zero-order valence-electron chi connectivity index (χ0n) is 13.3. The standard InChI is InChI=1S/C16H23Cl2N3O/c1-16(2,3)14(19)15(22)21-8-6-20(7-9-21)11-4-5-12(17)13(18)10-11/h4-5,10,14H,6-9,19H2,1-3H3. The normalized spacial score (nSPS) is 17.5. The quantitative estimate of drug-likeness (QED) is 0.897. The Hall–Kier alpha value is -0.970. The molecule has 1 heterocycles. The predicted octanol–water partition coefficient (Wildman–Crippen LogP) is 3.02. The molecule has 122 valence electrons. The van der Waals surface area contributed by atoms with Crippen LogP contribution in [0.2, 0.25) is 10.0 Å². The summed E-state index contributed by atoms with van der Waals surface area (Å²) in [7, 11) is 0. The second-order valence-electron chi connectivity index (χ2n) is 6.75. The molecule has 0 bridgehead atoms. The number of carbonyl (C=O) groups is 1. The van der Waals surface area contributed by atoms with Crippen molar-refractivity contribution in [2.45, 2.75) is 26.8 Å². The molecule has 1 amide bonds. The van der Waals surface area contributed by atoms with Crippen molar-refractivity contribution in [2.75, 3.05) is 31.1 Å². The Morgan fingerprint density at radius 2 is 1.73 bits per heavy atom. The zero-order valence-corrected chi connectivity index (χ0v) is 14.8. The van der Waals surface area contributed by atoms with Gasteiger partial charge in [-0.05, 0) is 23.6 Å². The molecule has 1 aliphatic rings. The number of piperazine rings is 1. The van der Waals surface area contributed by atoms with Crippen molar-refractivity contribution < 1.29 is 4.79 Å². The van der Waals surface area contributed by atoms with Crippen LogP contribution < -0.4 is 10.6 Å². The molecule has 1 aliphatic heterocycles. The van der Waals surface area contributed by atoms with Gasteiger partial charge in [0.1, 0.15) is 0 Å². The number of nitrogens with zero attached hydrogens (tertiary/aromatic N) is 2. The van der Waals surface area contributed by atoms with Gasteiger partial charge in [0.15, 0.2) is 0 Å². The Bertz CT molecular complexity index is 549. The number of benzene rings is 1. The van der Waals surface area contributed by atoms with Crippen molar-refractivity contribution in [1.29, 1.82) is 0 Å². The molecular formula is C16H23Cl2N3O. The number of halogens is 2. The van der Waals surface area contributed by atoms with Crippen LogP contribution in [0.15, 0.2) is 18.2 Å². The Labute approximate surface area is 142 Å². The lowest BCUT2D eigenvalue weighted by atomic mass is 9.86. The molecule has 1 unspecified atom stereocenters. The minimum Gasteiger partial charge on any atom is -0.368 e. The SMILES string of the molecule is CC(C)(C)C(N)C(=O)N1CCN(c2ccc(Cl)c(Cl)c2)CC1. The largest absolute Gasteiger partial charge is 0.368 e. The summed E-state index contributed by atoms with van der Waals surface area (Å²) in [6, 6.07) is 5.14. The number of nitrogens with two attached hydrogens (primary N) is 1. The summed E-state index contributed by atoms with van der Waals surface area (Å²) in [4.78, 5) is 16.5. The van der Waals surface area contributed by atoms with Crippen molar-refractivity contribution in [3.63, 3.8) is 0 Å². The van der Waals surface area contributed by atoms with Gasteiger partial charge >= 0.3 is 0 Å². The maximum atomic E-state index is 12.4. The van der Waals surface area contributed by atoms with Gasteiger partial charge in [-0.3, -0.25) is 4.79 Å². The van der Waals surface area contributed by atoms with Gasteiger partial charge in [0.2, 0.25) is 5.91 Å². The molecule has 2 N–H and O–H groups in total. The van der Waals surface area contributed by atoms with Crippen molar-refractivity contribution in [2.24, 2.45) is 11.1 Å². The number of hydrogen-bond acceptors (Lipinski definition) is 3. The van der Waals surface area contributed by atoms with Crippen LogP contribution in [0.5, 0.6) is 0 Å². The molecule has 1 aromatic rings. The van der Waals surface area contributed by atoms with Crippen molar-refractivity contribution in [1.82, 2.24) is 4.90 Å².